The van der Waals surface area contributed by atoms with Gasteiger partial charge >= 0.3 is 0 Å². The predicted molar refractivity (Wildman–Crippen MR) is 88.1 cm³/mol. The summed E-state index contributed by atoms with van der Waals surface area (Å²) in [6.07, 6.45) is 1.69. The smallest absolute Gasteiger partial charge is 0.143 e. The second-order valence-electron chi connectivity index (χ2n) is 4.03. The molecule has 19 heavy (non-hydrogen) atoms. The van der Waals surface area contributed by atoms with Crippen LogP contribution in [0.4, 0.5) is 5.69 Å². The van der Waals surface area contributed by atoms with Crippen LogP contribution in [0.5, 0.6) is 0 Å². The van der Waals surface area contributed by atoms with Gasteiger partial charge in [0.15, 0.2) is 0 Å². The normalized spacial score (nSPS) is 12.3. The molecule has 2 nitrogen and oxygen atoms in total. The van der Waals surface area contributed by atoms with Gasteiger partial charge in [-0.1, -0.05) is 45.2 Å². The summed E-state index contributed by atoms with van der Waals surface area (Å²) in [5.41, 5.74) is 1.90. The maximum absolute atomic E-state index is 6.23. The number of nitrogens with zero attached hydrogens (tertiary/aromatic N) is 1. The number of anilines is 1. The highest BCUT2D eigenvalue weighted by atomic mass is 79.9. The van der Waals surface area contributed by atoms with Crippen LogP contribution in [0.25, 0.3) is 0 Å². The summed E-state index contributed by atoms with van der Waals surface area (Å²) in [7, 11) is 0. The van der Waals surface area contributed by atoms with Crippen molar-refractivity contribution in [2.75, 3.05) is 5.32 Å². The predicted octanol–water partition coefficient (Wildman–Crippen LogP) is 6.09. The monoisotopic (exact) mass is 422 g/mol. The van der Waals surface area contributed by atoms with Gasteiger partial charge in [-0.25, -0.2) is 4.98 Å². The minimum atomic E-state index is 0.0653. The minimum absolute atomic E-state index is 0.0653. The molecule has 1 heterocycles. The largest absolute Gasteiger partial charge is 0.377 e. The van der Waals surface area contributed by atoms with Crippen molar-refractivity contribution < 1.29 is 0 Å². The van der Waals surface area contributed by atoms with Crippen LogP contribution in [-0.4, -0.2) is 4.98 Å². The molecule has 100 valence electrons. The zero-order chi connectivity index (χ0) is 14.0. The molecule has 2 aromatic rings. The van der Waals surface area contributed by atoms with Crippen molar-refractivity contribution in [1.82, 2.24) is 4.98 Å². The van der Waals surface area contributed by atoms with E-state index in [0.29, 0.717) is 5.15 Å². The Labute approximate surface area is 138 Å². The topological polar surface area (TPSA) is 24.9 Å². The van der Waals surface area contributed by atoms with Gasteiger partial charge in [0.2, 0.25) is 0 Å². The van der Waals surface area contributed by atoms with Gasteiger partial charge in [0.25, 0.3) is 0 Å². The average Bonchev–Trinajstić information content (AvgIpc) is 2.33. The van der Waals surface area contributed by atoms with Crippen LogP contribution in [0.3, 0.4) is 0 Å². The molecule has 0 aliphatic rings. The molecule has 0 saturated carbocycles. The molecule has 0 aliphatic heterocycles. The van der Waals surface area contributed by atoms with E-state index in [4.69, 9.17) is 23.2 Å². The standard InChI is InChI=1S/C13H10Br2Cl2N2/c1-7(10-3-2-8(14)4-12(10)16)19-9-5-11(15)13(17)18-6-9/h2-7,19H,1H3. The van der Waals surface area contributed by atoms with E-state index in [1.165, 1.54) is 0 Å². The Balaban J connectivity index is 2.20. The van der Waals surface area contributed by atoms with E-state index in [0.717, 1.165) is 25.2 Å². The van der Waals surface area contributed by atoms with Gasteiger partial charge in [0.05, 0.1) is 22.4 Å². The highest BCUT2D eigenvalue weighted by Gasteiger charge is 2.10. The fourth-order valence-corrected chi connectivity index (χ4v) is 2.97. The zero-order valence-electron chi connectivity index (χ0n) is 9.92. The van der Waals surface area contributed by atoms with Crippen LogP contribution < -0.4 is 5.32 Å². The van der Waals surface area contributed by atoms with E-state index < -0.39 is 0 Å². The van der Waals surface area contributed by atoms with Gasteiger partial charge in [-0.3, -0.25) is 0 Å². The lowest BCUT2D eigenvalue weighted by atomic mass is 10.1. The van der Waals surface area contributed by atoms with Crippen molar-refractivity contribution in [3.05, 3.63) is 55.1 Å². The third-order valence-electron chi connectivity index (χ3n) is 2.61. The fourth-order valence-electron chi connectivity index (χ4n) is 1.68. The van der Waals surface area contributed by atoms with Crippen molar-refractivity contribution in [3.63, 3.8) is 0 Å². The Kier molecular flexibility index (Phi) is 5.12. The van der Waals surface area contributed by atoms with Crippen molar-refractivity contribution >= 4 is 60.7 Å². The Morgan fingerprint density at radius 3 is 2.58 bits per heavy atom. The van der Waals surface area contributed by atoms with E-state index >= 15 is 0 Å². The molecule has 6 heteroatoms. The molecule has 0 bridgehead atoms. The SMILES string of the molecule is CC(Nc1cnc(Cl)c(Br)c1)c1ccc(Br)cc1Cl. The molecule has 0 spiro atoms. The first kappa shape index (κ1) is 15.1. The van der Waals surface area contributed by atoms with Crippen LogP contribution >= 0.6 is 55.1 Å². The molecule has 1 aromatic carbocycles. The lowest BCUT2D eigenvalue weighted by Crippen LogP contribution is -2.07. The maximum atomic E-state index is 6.23. The Hall–Kier alpha value is -0.290. The number of benzene rings is 1. The van der Waals surface area contributed by atoms with Gasteiger partial charge in [0.1, 0.15) is 5.15 Å². The molecule has 0 aliphatic carbocycles. The summed E-state index contributed by atoms with van der Waals surface area (Å²) >= 11 is 18.8. The maximum Gasteiger partial charge on any atom is 0.143 e. The van der Waals surface area contributed by atoms with E-state index in [9.17, 15) is 0 Å². The summed E-state index contributed by atoms with van der Waals surface area (Å²) in [6.45, 7) is 2.04. The summed E-state index contributed by atoms with van der Waals surface area (Å²) in [4.78, 5) is 4.08. The van der Waals surface area contributed by atoms with Crippen LogP contribution in [0.2, 0.25) is 10.2 Å². The highest BCUT2D eigenvalue weighted by Crippen LogP contribution is 2.30. The molecule has 1 atom stereocenters. The van der Waals surface area contributed by atoms with Crippen LogP contribution in [-0.2, 0) is 0 Å². The second kappa shape index (κ2) is 6.44. The van der Waals surface area contributed by atoms with Crippen molar-refractivity contribution in [1.29, 1.82) is 0 Å². The third kappa shape index (κ3) is 3.85. The van der Waals surface area contributed by atoms with Gasteiger partial charge in [-0.2, -0.15) is 0 Å². The van der Waals surface area contributed by atoms with E-state index in [1.807, 2.05) is 31.2 Å². The molecular weight excluding hydrogens is 415 g/mol. The van der Waals surface area contributed by atoms with Crippen LogP contribution in [0, 0.1) is 0 Å². The lowest BCUT2D eigenvalue weighted by molar-refractivity contribution is 0.882. The first-order valence-corrected chi connectivity index (χ1v) is 7.84. The van der Waals surface area contributed by atoms with Gasteiger partial charge in [-0.05, 0) is 46.6 Å². The number of hydrogen-bond acceptors (Lipinski definition) is 2. The lowest BCUT2D eigenvalue weighted by Gasteiger charge is -2.17. The minimum Gasteiger partial charge on any atom is -0.377 e. The van der Waals surface area contributed by atoms with Gasteiger partial charge in [-0.15, -0.1) is 0 Å². The first-order valence-electron chi connectivity index (χ1n) is 5.50. The Morgan fingerprint density at radius 1 is 1.21 bits per heavy atom. The number of pyridine rings is 1. The van der Waals surface area contributed by atoms with E-state index in [1.54, 1.807) is 6.20 Å². The summed E-state index contributed by atoms with van der Waals surface area (Å²) in [6, 6.07) is 7.79. The Morgan fingerprint density at radius 2 is 1.95 bits per heavy atom. The summed E-state index contributed by atoms with van der Waals surface area (Å²) in [5.74, 6) is 0. The van der Waals surface area contributed by atoms with Crippen molar-refractivity contribution in [2.45, 2.75) is 13.0 Å². The second-order valence-corrected chi connectivity index (χ2v) is 6.56. The first-order chi connectivity index (χ1) is 8.97. The zero-order valence-corrected chi connectivity index (χ0v) is 14.6. The average molecular weight is 425 g/mol. The van der Waals surface area contributed by atoms with Gasteiger partial charge in [0, 0.05) is 9.50 Å². The fraction of sp³-hybridized carbons (Fsp3) is 0.154. The molecule has 1 N–H and O–H groups in total. The quantitative estimate of drug-likeness (QED) is 0.603. The van der Waals surface area contributed by atoms with E-state index in [-0.39, 0.29) is 6.04 Å². The number of rotatable bonds is 3. The van der Waals surface area contributed by atoms with Crippen LogP contribution in [0.1, 0.15) is 18.5 Å². The number of nitrogens with one attached hydrogen (secondary N) is 1. The molecule has 1 aromatic heterocycles. The van der Waals surface area contributed by atoms with Crippen molar-refractivity contribution in [3.8, 4) is 0 Å². The molecular formula is C13H10Br2Cl2N2. The third-order valence-corrected chi connectivity index (χ3v) is 4.56. The molecule has 2 rings (SSSR count). The molecule has 0 saturated heterocycles. The molecule has 0 amide bonds. The van der Waals surface area contributed by atoms with E-state index in [2.05, 4.69) is 42.2 Å². The van der Waals surface area contributed by atoms with Crippen molar-refractivity contribution in [2.24, 2.45) is 0 Å². The number of hydrogen-bond donors (Lipinski definition) is 1. The Bertz CT molecular complexity index is 605. The number of halogens is 4. The highest BCUT2D eigenvalue weighted by molar-refractivity contribution is 9.10. The number of aromatic nitrogens is 1. The summed E-state index contributed by atoms with van der Waals surface area (Å²) in [5, 5.41) is 4.50. The summed E-state index contributed by atoms with van der Waals surface area (Å²) < 4.78 is 1.72. The molecule has 0 radical (unpaired) electrons. The van der Waals surface area contributed by atoms with Gasteiger partial charge < -0.3 is 5.32 Å². The molecule has 0 fully saturated rings. The molecule has 1 unspecified atom stereocenters. The van der Waals surface area contributed by atoms with Crippen LogP contribution in [0.15, 0.2) is 39.4 Å².